The maximum absolute atomic E-state index is 12.2. The highest BCUT2D eigenvalue weighted by Crippen LogP contribution is 2.23. The van der Waals surface area contributed by atoms with Crippen molar-refractivity contribution in [2.75, 3.05) is 0 Å². The number of ether oxygens (including phenoxy) is 1. The molecule has 3 nitrogen and oxygen atoms in total. The van der Waals surface area contributed by atoms with Crippen LogP contribution in [0.25, 0.3) is 16.8 Å². The van der Waals surface area contributed by atoms with Gasteiger partial charge in [0.25, 0.3) is 0 Å². The minimum atomic E-state index is -0.413. The number of nitrogens with zero attached hydrogens (tertiary/aromatic N) is 1. The van der Waals surface area contributed by atoms with Crippen molar-refractivity contribution in [3.05, 3.63) is 88.6 Å². The highest BCUT2D eigenvalue weighted by molar-refractivity contribution is 6.13. The molecule has 1 aliphatic heterocycles. The third-order valence-electron chi connectivity index (χ3n) is 4.34. The average Bonchev–Trinajstić information content (AvgIpc) is 2.98. The summed E-state index contributed by atoms with van der Waals surface area (Å²) < 4.78 is 5.39. The smallest absolute Gasteiger partial charge is 0.363 e. The lowest BCUT2D eigenvalue weighted by atomic mass is 10.0. The average molecular weight is 327 g/mol. The van der Waals surface area contributed by atoms with Gasteiger partial charge in [0.2, 0.25) is 5.90 Å². The van der Waals surface area contributed by atoms with Gasteiger partial charge in [-0.25, -0.2) is 9.79 Å². The van der Waals surface area contributed by atoms with Gasteiger partial charge in [0.1, 0.15) is 0 Å². The van der Waals surface area contributed by atoms with E-state index in [1.54, 1.807) is 6.08 Å². The van der Waals surface area contributed by atoms with E-state index in [1.807, 2.05) is 74.5 Å². The van der Waals surface area contributed by atoms with Crippen molar-refractivity contribution in [3.63, 3.8) is 0 Å². The van der Waals surface area contributed by atoms with Gasteiger partial charge in [-0.2, -0.15) is 0 Å². The van der Waals surface area contributed by atoms with Crippen LogP contribution >= 0.6 is 0 Å². The zero-order valence-corrected chi connectivity index (χ0v) is 14.1. The van der Waals surface area contributed by atoms with Gasteiger partial charge in [0.15, 0.2) is 5.70 Å². The van der Waals surface area contributed by atoms with E-state index in [0.29, 0.717) is 11.6 Å². The molecule has 0 N–H and O–H groups in total. The van der Waals surface area contributed by atoms with Crippen LogP contribution in [-0.4, -0.2) is 11.9 Å². The van der Waals surface area contributed by atoms with Gasteiger partial charge < -0.3 is 4.74 Å². The van der Waals surface area contributed by atoms with Crippen LogP contribution in [0.2, 0.25) is 0 Å². The monoisotopic (exact) mass is 327 g/mol. The molecule has 1 heterocycles. The van der Waals surface area contributed by atoms with Crippen molar-refractivity contribution in [2.45, 2.75) is 13.8 Å². The lowest BCUT2D eigenvalue weighted by molar-refractivity contribution is -0.129. The van der Waals surface area contributed by atoms with Crippen molar-refractivity contribution in [1.82, 2.24) is 0 Å². The topological polar surface area (TPSA) is 38.7 Å². The molecule has 0 radical (unpaired) electrons. The van der Waals surface area contributed by atoms with Gasteiger partial charge in [0, 0.05) is 5.56 Å². The number of benzene rings is 3. The fourth-order valence-corrected chi connectivity index (χ4v) is 2.92. The van der Waals surface area contributed by atoms with Crippen LogP contribution in [-0.2, 0) is 9.53 Å². The fraction of sp³-hybridized carbons (Fsp3) is 0.0909. The lowest BCUT2D eigenvalue weighted by Gasteiger charge is -2.02. The Morgan fingerprint density at radius 1 is 0.920 bits per heavy atom. The lowest BCUT2D eigenvalue weighted by Crippen LogP contribution is -2.05. The molecule has 0 aromatic heterocycles. The summed E-state index contributed by atoms with van der Waals surface area (Å²) in [6, 6.07) is 20.1. The second kappa shape index (κ2) is 6.02. The summed E-state index contributed by atoms with van der Waals surface area (Å²) in [5.41, 5.74) is 4.35. The van der Waals surface area contributed by atoms with Crippen LogP contribution in [0.5, 0.6) is 0 Å². The van der Waals surface area contributed by atoms with Gasteiger partial charge >= 0.3 is 5.97 Å². The predicted octanol–water partition coefficient (Wildman–Crippen LogP) is 4.80. The number of cyclic esters (lactones) is 1. The molecular weight excluding hydrogens is 310 g/mol. The molecule has 122 valence electrons. The molecule has 0 saturated heterocycles. The zero-order chi connectivity index (χ0) is 17.4. The fourth-order valence-electron chi connectivity index (χ4n) is 2.92. The van der Waals surface area contributed by atoms with Crippen molar-refractivity contribution in [3.8, 4) is 0 Å². The molecule has 0 saturated carbocycles. The van der Waals surface area contributed by atoms with Crippen LogP contribution in [0.1, 0.15) is 22.3 Å². The molecule has 0 spiro atoms. The third-order valence-corrected chi connectivity index (χ3v) is 4.34. The summed E-state index contributed by atoms with van der Waals surface area (Å²) in [5.74, 6) is -0.0589. The second-order valence-electron chi connectivity index (χ2n) is 6.26. The Hall–Kier alpha value is -3.20. The molecule has 3 heteroatoms. The Bertz CT molecular complexity index is 1060. The van der Waals surface area contributed by atoms with E-state index < -0.39 is 5.97 Å². The number of carbonyl (C=O) groups excluding carboxylic acids is 1. The third kappa shape index (κ3) is 2.96. The Labute approximate surface area is 146 Å². The second-order valence-corrected chi connectivity index (χ2v) is 6.26. The number of hydrogen-bond acceptors (Lipinski definition) is 3. The van der Waals surface area contributed by atoms with Gasteiger partial charge in [-0.05, 0) is 54.0 Å². The van der Waals surface area contributed by atoms with Crippen LogP contribution < -0.4 is 0 Å². The maximum atomic E-state index is 12.2. The van der Waals surface area contributed by atoms with Crippen LogP contribution in [0, 0.1) is 13.8 Å². The summed E-state index contributed by atoms with van der Waals surface area (Å²) in [7, 11) is 0. The number of aryl methyl sites for hydroxylation is 2. The quantitative estimate of drug-likeness (QED) is 0.501. The standard InChI is InChI=1S/C22H17NO2/c1-14-7-8-15(2)19(11-14)13-20-22(24)25-21(23-20)18-10-9-16-5-3-4-6-17(16)12-18/h3-13H,1-2H3/b20-13-. The number of aliphatic imine (C=N–C) groups is 1. The molecule has 4 rings (SSSR count). The largest absolute Gasteiger partial charge is 0.402 e. The van der Waals surface area contributed by atoms with Crippen LogP contribution in [0.3, 0.4) is 0 Å². The van der Waals surface area contributed by atoms with E-state index in [0.717, 1.165) is 33.0 Å². The number of hydrogen-bond donors (Lipinski definition) is 0. The van der Waals surface area contributed by atoms with Crippen LogP contribution in [0.15, 0.2) is 71.4 Å². The first-order chi connectivity index (χ1) is 12.1. The molecule has 0 amide bonds. The molecule has 0 atom stereocenters. The number of fused-ring (bicyclic) bond motifs is 1. The summed E-state index contributed by atoms with van der Waals surface area (Å²) in [6.07, 6.45) is 1.79. The zero-order valence-electron chi connectivity index (χ0n) is 14.1. The Balaban J connectivity index is 1.74. The van der Waals surface area contributed by atoms with E-state index in [1.165, 1.54) is 0 Å². The van der Waals surface area contributed by atoms with E-state index in [2.05, 4.69) is 4.99 Å². The SMILES string of the molecule is Cc1ccc(C)c(/C=C2\N=C(c3ccc4ccccc4c3)OC2=O)c1. The number of esters is 1. The molecular formula is C22H17NO2. The molecule has 0 unspecified atom stereocenters. The minimum absolute atomic E-state index is 0.330. The van der Waals surface area contributed by atoms with E-state index in [9.17, 15) is 4.79 Å². The minimum Gasteiger partial charge on any atom is -0.402 e. The first kappa shape index (κ1) is 15.3. The Morgan fingerprint density at radius 3 is 2.56 bits per heavy atom. The highest BCUT2D eigenvalue weighted by atomic mass is 16.6. The van der Waals surface area contributed by atoms with E-state index in [-0.39, 0.29) is 0 Å². The molecule has 25 heavy (non-hydrogen) atoms. The van der Waals surface area contributed by atoms with Gasteiger partial charge in [-0.1, -0.05) is 54.1 Å². The van der Waals surface area contributed by atoms with Crippen molar-refractivity contribution >= 4 is 28.7 Å². The molecule has 3 aromatic carbocycles. The van der Waals surface area contributed by atoms with E-state index in [4.69, 9.17) is 4.74 Å². The molecule has 0 bridgehead atoms. The molecule has 3 aromatic rings. The van der Waals surface area contributed by atoms with E-state index >= 15 is 0 Å². The first-order valence-electron chi connectivity index (χ1n) is 8.19. The normalized spacial score (nSPS) is 15.5. The van der Waals surface area contributed by atoms with Gasteiger partial charge in [-0.15, -0.1) is 0 Å². The Kier molecular flexibility index (Phi) is 3.69. The molecule has 0 fully saturated rings. The van der Waals surface area contributed by atoms with Crippen molar-refractivity contribution in [1.29, 1.82) is 0 Å². The van der Waals surface area contributed by atoms with Crippen molar-refractivity contribution < 1.29 is 9.53 Å². The summed E-state index contributed by atoms with van der Waals surface area (Å²) in [4.78, 5) is 16.6. The van der Waals surface area contributed by atoms with Gasteiger partial charge in [0.05, 0.1) is 0 Å². The summed E-state index contributed by atoms with van der Waals surface area (Å²) >= 11 is 0. The molecule has 1 aliphatic rings. The van der Waals surface area contributed by atoms with Gasteiger partial charge in [-0.3, -0.25) is 0 Å². The Morgan fingerprint density at radius 2 is 1.72 bits per heavy atom. The summed E-state index contributed by atoms with van der Waals surface area (Å²) in [6.45, 7) is 4.04. The summed E-state index contributed by atoms with van der Waals surface area (Å²) in [5, 5.41) is 2.23. The predicted molar refractivity (Wildman–Crippen MR) is 100 cm³/mol. The number of rotatable bonds is 2. The highest BCUT2D eigenvalue weighted by Gasteiger charge is 2.24. The number of carbonyl (C=O) groups is 1. The molecule has 0 aliphatic carbocycles. The first-order valence-corrected chi connectivity index (χ1v) is 8.19. The maximum Gasteiger partial charge on any atom is 0.363 e. The van der Waals surface area contributed by atoms with Crippen LogP contribution in [0.4, 0.5) is 0 Å². The van der Waals surface area contributed by atoms with Crippen molar-refractivity contribution in [2.24, 2.45) is 4.99 Å².